The molecule has 20 heavy (non-hydrogen) atoms. The molecule has 0 saturated carbocycles. The molecule has 2 aromatic carbocycles. The summed E-state index contributed by atoms with van der Waals surface area (Å²) in [7, 11) is -1.74. The fourth-order valence-corrected chi connectivity index (χ4v) is 2.19. The highest BCUT2D eigenvalue weighted by Gasteiger charge is 2.14. The third-order valence-corrected chi connectivity index (χ3v) is 3.18. The first-order valence-electron chi connectivity index (χ1n) is 5.69. The minimum absolute atomic E-state index is 0.000926. The molecule has 0 heterocycles. The molecule has 0 radical (unpaired) electrons. The van der Waals surface area contributed by atoms with E-state index in [-0.39, 0.29) is 12.1 Å². The van der Waals surface area contributed by atoms with Gasteiger partial charge in [-0.15, -0.1) is 0 Å². The van der Waals surface area contributed by atoms with Crippen molar-refractivity contribution in [3.63, 3.8) is 0 Å². The van der Waals surface area contributed by atoms with Gasteiger partial charge in [-0.1, -0.05) is 35.3 Å². The fourth-order valence-electron chi connectivity index (χ4n) is 1.68. The molecule has 2 rings (SSSR count). The smallest absolute Gasteiger partial charge is 0.486 e. The van der Waals surface area contributed by atoms with E-state index in [1.54, 1.807) is 18.2 Å². The van der Waals surface area contributed by atoms with Gasteiger partial charge in [0.1, 0.15) is 12.4 Å². The summed E-state index contributed by atoms with van der Waals surface area (Å²) in [4.78, 5) is 0. The van der Waals surface area contributed by atoms with Crippen LogP contribution in [-0.4, -0.2) is 17.2 Å². The summed E-state index contributed by atoms with van der Waals surface area (Å²) in [5, 5.41) is 18.8. The highest BCUT2D eigenvalue weighted by Crippen LogP contribution is 2.32. The van der Waals surface area contributed by atoms with E-state index in [0.717, 1.165) is 6.07 Å². The zero-order valence-corrected chi connectivity index (χ0v) is 11.7. The lowest BCUT2D eigenvalue weighted by atomic mass is 9.79. The van der Waals surface area contributed by atoms with Crippen LogP contribution in [0.25, 0.3) is 0 Å². The molecule has 0 aliphatic rings. The molecule has 3 nitrogen and oxygen atoms in total. The van der Waals surface area contributed by atoms with E-state index in [1.807, 2.05) is 0 Å². The quantitative estimate of drug-likeness (QED) is 0.852. The van der Waals surface area contributed by atoms with Gasteiger partial charge in [0.05, 0.1) is 10.0 Å². The van der Waals surface area contributed by atoms with Crippen LogP contribution in [0.15, 0.2) is 36.4 Å². The number of hydrogen-bond acceptors (Lipinski definition) is 3. The SMILES string of the molecule is OB(O)c1cc(F)cc(COc2c(Cl)cccc2Cl)c1. The Hall–Kier alpha value is -1.27. The summed E-state index contributed by atoms with van der Waals surface area (Å²) < 4.78 is 18.8. The molecule has 2 aromatic rings. The molecule has 0 atom stereocenters. The molecular formula is C13H10BCl2FO3. The maximum Gasteiger partial charge on any atom is 0.488 e. The molecule has 2 N–H and O–H groups in total. The third-order valence-electron chi connectivity index (χ3n) is 2.58. The van der Waals surface area contributed by atoms with Crippen LogP contribution in [0.5, 0.6) is 5.75 Å². The van der Waals surface area contributed by atoms with Crippen molar-refractivity contribution in [3.8, 4) is 5.75 Å². The van der Waals surface area contributed by atoms with Crippen LogP contribution in [-0.2, 0) is 6.61 Å². The van der Waals surface area contributed by atoms with Gasteiger partial charge in [-0.25, -0.2) is 4.39 Å². The van der Waals surface area contributed by atoms with Gasteiger partial charge >= 0.3 is 7.12 Å². The summed E-state index contributed by atoms with van der Waals surface area (Å²) in [5.41, 5.74) is 0.484. The average Bonchev–Trinajstić information content (AvgIpc) is 2.37. The van der Waals surface area contributed by atoms with E-state index >= 15 is 0 Å². The number of para-hydroxylation sites is 1. The summed E-state index contributed by atoms with van der Waals surface area (Å²) in [6.45, 7) is 0.000926. The molecule has 0 unspecified atom stereocenters. The molecule has 104 valence electrons. The second kappa shape index (κ2) is 6.46. The Kier molecular flexibility index (Phi) is 4.88. The van der Waals surface area contributed by atoms with Gasteiger partial charge in [0.25, 0.3) is 0 Å². The first-order valence-corrected chi connectivity index (χ1v) is 6.45. The van der Waals surface area contributed by atoms with E-state index in [2.05, 4.69) is 0 Å². The molecule has 0 saturated heterocycles. The van der Waals surface area contributed by atoms with Crippen molar-refractivity contribution in [1.29, 1.82) is 0 Å². The lowest BCUT2D eigenvalue weighted by molar-refractivity contribution is 0.306. The number of rotatable bonds is 4. The summed E-state index contributed by atoms with van der Waals surface area (Å²) in [5.74, 6) is -0.286. The Morgan fingerprint density at radius 3 is 2.35 bits per heavy atom. The van der Waals surface area contributed by atoms with Crippen molar-refractivity contribution in [3.05, 3.63) is 57.8 Å². The van der Waals surface area contributed by atoms with Gasteiger partial charge in [-0.2, -0.15) is 0 Å². The minimum atomic E-state index is -1.74. The standard InChI is InChI=1S/C13H10BCl2FO3/c15-11-2-1-3-12(16)13(11)20-7-8-4-9(14(18)19)6-10(17)5-8/h1-6,18-19H,7H2. The van der Waals surface area contributed by atoms with Crippen LogP contribution < -0.4 is 10.2 Å². The number of benzene rings is 2. The molecule has 0 aromatic heterocycles. The number of ether oxygens (including phenoxy) is 1. The van der Waals surface area contributed by atoms with Crippen LogP contribution in [0, 0.1) is 5.82 Å². The monoisotopic (exact) mass is 314 g/mol. The van der Waals surface area contributed by atoms with Crippen LogP contribution in [0.2, 0.25) is 10.0 Å². The van der Waals surface area contributed by atoms with E-state index in [0.29, 0.717) is 21.4 Å². The van der Waals surface area contributed by atoms with Crippen LogP contribution >= 0.6 is 23.2 Å². The van der Waals surface area contributed by atoms with E-state index in [4.69, 9.17) is 38.0 Å². The fraction of sp³-hybridized carbons (Fsp3) is 0.0769. The Bertz CT molecular complexity index is 602. The predicted octanol–water partition coefficient (Wildman–Crippen LogP) is 2.39. The maximum atomic E-state index is 13.3. The van der Waals surface area contributed by atoms with Crippen molar-refractivity contribution in [1.82, 2.24) is 0 Å². The van der Waals surface area contributed by atoms with Gasteiger partial charge in [0, 0.05) is 0 Å². The van der Waals surface area contributed by atoms with Crippen molar-refractivity contribution in [2.75, 3.05) is 0 Å². The molecule has 0 spiro atoms. The Balaban J connectivity index is 2.19. The third kappa shape index (κ3) is 3.64. The molecule has 7 heteroatoms. The maximum absolute atomic E-state index is 13.3. The van der Waals surface area contributed by atoms with Gasteiger partial charge < -0.3 is 14.8 Å². The molecule has 0 amide bonds. The summed E-state index contributed by atoms with van der Waals surface area (Å²) in [6.07, 6.45) is 0. The highest BCUT2D eigenvalue weighted by molar-refractivity contribution is 6.58. The molecule has 0 fully saturated rings. The molecular weight excluding hydrogens is 305 g/mol. The minimum Gasteiger partial charge on any atom is -0.486 e. The van der Waals surface area contributed by atoms with E-state index in [9.17, 15) is 4.39 Å². The Labute approximate surface area is 125 Å². The van der Waals surface area contributed by atoms with Crippen LogP contribution in [0.1, 0.15) is 5.56 Å². The van der Waals surface area contributed by atoms with Gasteiger partial charge in [0.2, 0.25) is 0 Å². The predicted molar refractivity (Wildman–Crippen MR) is 77.0 cm³/mol. The van der Waals surface area contributed by atoms with Crippen molar-refractivity contribution < 1.29 is 19.2 Å². The lowest BCUT2D eigenvalue weighted by Gasteiger charge is -2.11. The normalized spacial score (nSPS) is 10.4. The number of hydrogen-bond donors (Lipinski definition) is 2. The van der Waals surface area contributed by atoms with Crippen molar-refractivity contribution in [2.24, 2.45) is 0 Å². The average molecular weight is 315 g/mol. The molecule has 0 bridgehead atoms. The molecule has 0 aliphatic carbocycles. The van der Waals surface area contributed by atoms with Gasteiger partial charge in [-0.05, 0) is 35.3 Å². The lowest BCUT2D eigenvalue weighted by Crippen LogP contribution is -2.30. The Morgan fingerprint density at radius 2 is 1.75 bits per heavy atom. The first-order chi connectivity index (χ1) is 9.47. The second-order valence-electron chi connectivity index (χ2n) is 4.11. The topological polar surface area (TPSA) is 49.7 Å². The summed E-state index contributed by atoms with van der Waals surface area (Å²) >= 11 is 11.9. The van der Waals surface area contributed by atoms with E-state index in [1.165, 1.54) is 12.1 Å². The largest absolute Gasteiger partial charge is 0.488 e. The van der Waals surface area contributed by atoms with Crippen LogP contribution in [0.4, 0.5) is 4.39 Å². The zero-order valence-electron chi connectivity index (χ0n) is 10.2. The Morgan fingerprint density at radius 1 is 1.10 bits per heavy atom. The highest BCUT2D eigenvalue weighted by atomic mass is 35.5. The first kappa shape index (κ1) is 15.1. The van der Waals surface area contributed by atoms with Gasteiger partial charge in [0.15, 0.2) is 5.75 Å². The second-order valence-corrected chi connectivity index (χ2v) is 4.92. The van der Waals surface area contributed by atoms with Gasteiger partial charge in [-0.3, -0.25) is 0 Å². The van der Waals surface area contributed by atoms with Crippen molar-refractivity contribution >= 4 is 35.8 Å². The zero-order chi connectivity index (χ0) is 14.7. The molecule has 0 aliphatic heterocycles. The number of halogens is 3. The van der Waals surface area contributed by atoms with Crippen molar-refractivity contribution in [2.45, 2.75) is 6.61 Å². The van der Waals surface area contributed by atoms with Crippen LogP contribution in [0.3, 0.4) is 0 Å². The van der Waals surface area contributed by atoms with E-state index < -0.39 is 12.9 Å². The summed E-state index contributed by atoms with van der Waals surface area (Å²) in [6, 6.07) is 8.63.